The molecule has 1 N–H and O–H groups in total. The van der Waals surface area contributed by atoms with E-state index in [4.69, 9.17) is 0 Å². The molecule has 1 unspecified atom stereocenters. The molecule has 0 aromatic heterocycles. The van der Waals surface area contributed by atoms with Gasteiger partial charge in [0, 0.05) is 24.8 Å². The summed E-state index contributed by atoms with van der Waals surface area (Å²) in [7, 11) is 3.16. The first kappa shape index (κ1) is 18.1. The van der Waals surface area contributed by atoms with Gasteiger partial charge in [-0.25, -0.2) is 9.18 Å². The normalized spacial score (nSPS) is 12.2. The summed E-state index contributed by atoms with van der Waals surface area (Å²) in [6.45, 7) is 0.417. The van der Waals surface area contributed by atoms with Crippen LogP contribution in [0.25, 0.3) is 0 Å². The van der Waals surface area contributed by atoms with E-state index < -0.39 is 11.8 Å². The van der Waals surface area contributed by atoms with Crippen molar-refractivity contribution >= 4 is 5.97 Å². The number of hydrogen-bond acceptors (Lipinski definition) is 4. The van der Waals surface area contributed by atoms with Crippen molar-refractivity contribution < 1.29 is 19.0 Å². The maximum Gasteiger partial charge on any atom is 0.337 e. The first-order chi connectivity index (χ1) is 11.6. The average Bonchev–Trinajstić information content (AvgIpc) is 2.61. The molecule has 4 nitrogen and oxygen atoms in total. The summed E-state index contributed by atoms with van der Waals surface area (Å²) in [5, 5.41) is 9.34. The molecule has 0 aliphatic heterocycles. The van der Waals surface area contributed by atoms with Gasteiger partial charge in [-0.3, -0.25) is 4.90 Å². The number of ether oxygens (including phenoxy) is 1. The Bertz CT molecular complexity index is 676. The Labute approximate surface area is 141 Å². The number of methoxy groups -OCH3 is 1. The lowest BCUT2D eigenvalue weighted by atomic mass is 10.0. The monoisotopic (exact) mass is 331 g/mol. The lowest BCUT2D eigenvalue weighted by Crippen LogP contribution is -2.25. The molecule has 0 spiro atoms. The predicted octanol–water partition coefficient (Wildman–Crippen LogP) is 3.17. The standard InChI is InChI=1S/C19H22FNO3/c1-21(18(10-11-22)14-6-4-3-5-7-14)13-16-9-8-15(12-17(16)20)19(23)24-2/h3-9,12,18,22H,10-11,13H2,1-2H3. The molecule has 0 bridgehead atoms. The van der Waals surface area contributed by atoms with Crippen molar-refractivity contribution in [2.75, 3.05) is 20.8 Å². The van der Waals surface area contributed by atoms with Crippen LogP contribution < -0.4 is 0 Å². The van der Waals surface area contributed by atoms with Crippen LogP contribution in [0.15, 0.2) is 48.5 Å². The van der Waals surface area contributed by atoms with Gasteiger partial charge >= 0.3 is 5.97 Å². The number of halogens is 1. The Kier molecular flexibility index (Phi) is 6.46. The van der Waals surface area contributed by atoms with Gasteiger partial charge in [-0.05, 0) is 31.2 Å². The second-order valence-corrected chi connectivity index (χ2v) is 5.65. The van der Waals surface area contributed by atoms with Gasteiger partial charge in [0.05, 0.1) is 12.7 Å². The van der Waals surface area contributed by atoms with Crippen molar-refractivity contribution in [1.82, 2.24) is 4.90 Å². The summed E-state index contributed by atoms with van der Waals surface area (Å²) < 4.78 is 18.9. The van der Waals surface area contributed by atoms with Crippen LogP contribution in [0.4, 0.5) is 4.39 Å². The number of rotatable bonds is 7. The van der Waals surface area contributed by atoms with Gasteiger partial charge in [0.25, 0.3) is 0 Å². The van der Waals surface area contributed by atoms with Gasteiger partial charge in [-0.2, -0.15) is 0 Å². The number of carbonyl (C=O) groups is 1. The van der Waals surface area contributed by atoms with Crippen LogP contribution in [0.5, 0.6) is 0 Å². The second kappa shape index (κ2) is 8.57. The number of carbonyl (C=O) groups excluding carboxylic acids is 1. The first-order valence-corrected chi connectivity index (χ1v) is 7.79. The highest BCUT2D eigenvalue weighted by atomic mass is 19.1. The van der Waals surface area contributed by atoms with E-state index in [2.05, 4.69) is 4.74 Å². The number of aliphatic hydroxyl groups is 1. The second-order valence-electron chi connectivity index (χ2n) is 5.65. The molecule has 2 aromatic rings. The van der Waals surface area contributed by atoms with E-state index in [-0.39, 0.29) is 18.2 Å². The van der Waals surface area contributed by atoms with Gasteiger partial charge in [-0.1, -0.05) is 36.4 Å². The van der Waals surface area contributed by atoms with Gasteiger partial charge < -0.3 is 9.84 Å². The van der Waals surface area contributed by atoms with E-state index in [0.717, 1.165) is 5.56 Å². The molecule has 5 heteroatoms. The van der Waals surface area contributed by atoms with Gasteiger partial charge in [-0.15, -0.1) is 0 Å². The number of hydrogen-bond donors (Lipinski definition) is 1. The van der Waals surface area contributed by atoms with Gasteiger partial charge in [0.2, 0.25) is 0 Å². The third-order valence-electron chi connectivity index (χ3n) is 4.01. The Balaban J connectivity index is 2.17. The fourth-order valence-electron chi connectivity index (χ4n) is 2.74. The molecule has 1 atom stereocenters. The Hall–Kier alpha value is -2.24. The van der Waals surface area contributed by atoms with Crippen molar-refractivity contribution in [3.63, 3.8) is 0 Å². The average molecular weight is 331 g/mol. The molecule has 0 aliphatic carbocycles. The van der Waals surface area contributed by atoms with E-state index in [1.54, 1.807) is 12.1 Å². The molecule has 0 saturated carbocycles. The number of esters is 1. The Morgan fingerprint density at radius 1 is 1.25 bits per heavy atom. The van der Waals surface area contributed by atoms with Crippen LogP contribution in [-0.2, 0) is 11.3 Å². The Morgan fingerprint density at radius 2 is 1.96 bits per heavy atom. The molecular formula is C19H22FNO3. The largest absolute Gasteiger partial charge is 0.465 e. The fourth-order valence-corrected chi connectivity index (χ4v) is 2.74. The predicted molar refractivity (Wildman–Crippen MR) is 90.1 cm³/mol. The zero-order valence-corrected chi connectivity index (χ0v) is 13.9. The lowest BCUT2D eigenvalue weighted by molar-refractivity contribution is 0.0600. The topological polar surface area (TPSA) is 49.8 Å². The molecule has 24 heavy (non-hydrogen) atoms. The highest BCUT2D eigenvalue weighted by Crippen LogP contribution is 2.25. The highest BCUT2D eigenvalue weighted by Gasteiger charge is 2.18. The van der Waals surface area contributed by atoms with Crippen LogP contribution in [0.3, 0.4) is 0 Å². The van der Waals surface area contributed by atoms with Gasteiger partial charge in [0.1, 0.15) is 5.82 Å². The summed E-state index contributed by atoms with van der Waals surface area (Å²) in [4.78, 5) is 13.4. The van der Waals surface area contributed by atoms with E-state index in [0.29, 0.717) is 18.5 Å². The van der Waals surface area contributed by atoms with E-state index >= 15 is 0 Å². The molecule has 2 aromatic carbocycles. The van der Waals surface area contributed by atoms with Crippen LogP contribution in [0, 0.1) is 5.82 Å². The third-order valence-corrected chi connectivity index (χ3v) is 4.01. The maximum atomic E-state index is 14.3. The fraction of sp³-hybridized carbons (Fsp3) is 0.316. The third kappa shape index (κ3) is 4.40. The molecular weight excluding hydrogens is 309 g/mol. The van der Waals surface area contributed by atoms with Crippen LogP contribution in [0.2, 0.25) is 0 Å². The summed E-state index contributed by atoms with van der Waals surface area (Å²) >= 11 is 0. The first-order valence-electron chi connectivity index (χ1n) is 7.79. The molecule has 0 saturated heterocycles. The van der Waals surface area contributed by atoms with Crippen LogP contribution in [-0.4, -0.2) is 36.7 Å². The van der Waals surface area contributed by atoms with Crippen molar-refractivity contribution in [2.24, 2.45) is 0 Å². The molecule has 0 aliphatic rings. The van der Waals surface area contributed by atoms with Crippen molar-refractivity contribution in [1.29, 1.82) is 0 Å². The lowest BCUT2D eigenvalue weighted by Gasteiger charge is -2.28. The zero-order valence-electron chi connectivity index (χ0n) is 13.9. The van der Waals surface area contributed by atoms with Crippen molar-refractivity contribution in [2.45, 2.75) is 19.0 Å². The summed E-state index contributed by atoms with van der Waals surface area (Å²) in [5.74, 6) is -1.00. The van der Waals surface area contributed by atoms with Crippen molar-refractivity contribution in [3.8, 4) is 0 Å². The number of benzene rings is 2. The number of aliphatic hydroxyl groups excluding tert-OH is 1. The molecule has 2 rings (SSSR count). The minimum atomic E-state index is -0.559. The quantitative estimate of drug-likeness (QED) is 0.792. The SMILES string of the molecule is COC(=O)c1ccc(CN(C)C(CCO)c2ccccc2)c(F)c1. The summed E-state index contributed by atoms with van der Waals surface area (Å²) in [6, 6.07) is 14.1. The van der Waals surface area contributed by atoms with Crippen LogP contribution >= 0.6 is 0 Å². The summed E-state index contributed by atoms with van der Waals surface area (Å²) in [5.41, 5.74) is 1.75. The molecule has 0 fully saturated rings. The van der Waals surface area contributed by atoms with Gasteiger partial charge in [0.15, 0.2) is 0 Å². The smallest absolute Gasteiger partial charge is 0.337 e. The molecule has 0 amide bonds. The minimum Gasteiger partial charge on any atom is -0.465 e. The molecule has 0 heterocycles. The zero-order chi connectivity index (χ0) is 17.5. The van der Waals surface area contributed by atoms with Crippen molar-refractivity contribution in [3.05, 3.63) is 71.0 Å². The van der Waals surface area contributed by atoms with Crippen LogP contribution in [0.1, 0.15) is 33.9 Å². The summed E-state index contributed by atoms with van der Waals surface area (Å²) in [6.07, 6.45) is 0.558. The Morgan fingerprint density at radius 3 is 2.54 bits per heavy atom. The van der Waals surface area contributed by atoms with E-state index in [1.807, 2.05) is 42.3 Å². The minimum absolute atomic E-state index is 0.0177. The number of nitrogens with zero attached hydrogens (tertiary/aromatic N) is 1. The molecule has 128 valence electrons. The maximum absolute atomic E-state index is 14.3. The van der Waals surface area contributed by atoms with E-state index in [9.17, 15) is 14.3 Å². The highest BCUT2D eigenvalue weighted by molar-refractivity contribution is 5.89. The van der Waals surface area contributed by atoms with E-state index in [1.165, 1.54) is 13.2 Å². The molecule has 0 radical (unpaired) electrons.